The number of aromatic nitrogens is 3. The molecule has 28 heavy (non-hydrogen) atoms. The molecule has 4 aromatic rings. The number of nitrogens with zero attached hydrogens (tertiary/aromatic N) is 4. The summed E-state index contributed by atoms with van der Waals surface area (Å²) in [6.07, 6.45) is 0. The standard InChI is InChI=1S/C21H19FN4OS/c1-3-25(16-10-8-15(22)9-11-16)20(27)13-28-21-24-23-19-12-14(2)17-6-4-5-7-18(17)26(19)21/h4-12H,3,13H2,1-2H3. The van der Waals surface area contributed by atoms with E-state index in [0.29, 0.717) is 17.4 Å². The molecule has 2 heterocycles. The minimum absolute atomic E-state index is 0.0627. The van der Waals surface area contributed by atoms with Gasteiger partial charge in [0.1, 0.15) is 5.82 Å². The van der Waals surface area contributed by atoms with E-state index in [9.17, 15) is 9.18 Å². The summed E-state index contributed by atoms with van der Waals surface area (Å²) in [5, 5.41) is 10.4. The van der Waals surface area contributed by atoms with Gasteiger partial charge in [0, 0.05) is 17.6 Å². The van der Waals surface area contributed by atoms with Crippen molar-refractivity contribution in [3.8, 4) is 0 Å². The van der Waals surface area contributed by atoms with Crippen LogP contribution in [0, 0.1) is 12.7 Å². The lowest BCUT2D eigenvalue weighted by Gasteiger charge is -2.20. The number of carbonyl (C=O) groups excluding carboxylic acids is 1. The van der Waals surface area contributed by atoms with Gasteiger partial charge >= 0.3 is 0 Å². The Hall–Kier alpha value is -2.93. The van der Waals surface area contributed by atoms with Crippen LogP contribution < -0.4 is 4.90 Å². The molecule has 0 fully saturated rings. The number of pyridine rings is 1. The summed E-state index contributed by atoms with van der Waals surface area (Å²) in [6, 6.07) is 16.0. The van der Waals surface area contributed by atoms with Crippen LogP contribution in [0.2, 0.25) is 0 Å². The number of amides is 1. The molecule has 0 aliphatic carbocycles. The molecule has 0 atom stereocenters. The van der Waals surface area contributed by atoms with Gasteiger partial charge in [-0.25, -0.2) is 4.39 Å². The Morgan fingerprint density at radius 2 is 1.89 bits per heavy atom. The number of benzene rings is 2. The topological polar surface area (TPSA) is 50.5 Å². The van der Waals surface area contributed by atoms with Gasteiger partial charge in [-0.1, -0.05) is 30.0 Å². The lowest BCUT2D eigenvalue weighted by Crippen LogP contribution is -2.32. The van der Waals surface area contributed by atoms with Gasteiger partial charge in [-0.05, 0) is 55.8 Å². The van der Waals surface area contributed by atoms with Gasteiger partial charge in [-0.3, -0.25) is 9.20 Å². The highest BCUT2D eigenvalue weighted by Crippen LogP contribution is 2.26. The minimum Gasteiger partial charge on any atom is -0.312 e. The van der Waals surface area contributed by atoms with E-state index in [4.69, 9.17) is 0 Å². The minimum atomic E-state index is -0.321. The number of aryl methyl sites for hydroxylation is 1. The molecular formula is C21H19FN4OS. The third kappa shape index (κ3) is 3.33. The number of thioether (sulfide) groups is 1. The van der Waals surface area contributed by atoms with E-state index in [2.05, 4.69) is 23.2 Å². The smallest absolute Gasteiger partial charge is 0.237 e. The van der Waals surface area contributed by atoms with Crippen LogP contribution in [0.1, 0.15) is 12.5 Å². The Labute approximate surface area is 166 Å². The van der Waals surface area contributed by atoms with Gasteiger partial charge < -0.3 is 4.90 Å². The first-order valence-corrected chi connectivity index (χ1v) is 9.99. The number of anilines is 1. The van der Waals surface area contributed by atoms with Gasteiger partial charge in [0.05, 0.1) is 11.3 Å². The second kappa shape index (κ2) is 7.59. The molecule has 2 aromatic carbocycles. The first-order chi connectivity index (χ1) is 13.6. The molecule has 0 aliphatic heterocycles. The van der Waals surface area contributed by atoms with Crippen molar-refractivity contribution >= 4 is 39.9 Å². The van der Waals surface area contributed by atoms with Crippen LogP contribution in [0.5, 0.6) is 0 Å². The Morgan fingerprint density at radius 3 is 2.64 bits per heavy atom. The quantitative estimate of drug-likeness (QED) is 0.469. The van der Waals surface area contributed by atoms with E-state index in [-0.39, 0.29) is 17.5 Å². The number of rotatable bonds is 5. The van der Waals surface area contributed by atoms with Crippen molar-refractivity contribution in [1.29, 1.82) is 0 Å². The van der Waals surface area contributed by atoms with E-state index in [1.165, 1.54) is 23.9 Å². The van der Waals surface area contributed by atoms with Crippen LogP contribution in [0.25, 0.3) is 16.6 Å². The van der Waals surface area contributed by atoms with Crippen LogP contribution in [-0.2, 0) is 4.79 Å². The van der Waals surface area contributed by atoms with Gasteiger partial charge in [0.2, 0.25) is 5.91 Å². The zero-order valence-electron chi connectivity index (χ0n) is 15.6. The van der Waals surface area contributed by atoms with Crippen LogP contribution in [0.3, 0.4) is 0 Å². The van der Waals surface area contributed by atoms with E-state index in [0.717, 1.165) is 22.1 Å². The van der Waals surface area contributed by atoms with E-state index in [1.807, 2.05) is 35.6 Å². The summed E-state index contributed by atoms with van der Waals surface area (Å²) in [7, 11) is 0. The van der Waals surface area contributed by atoms with Gasteiger partial charge in [-0.15, -0.1) is 10.2 Å². The molecule has 0 N–H and O–H groups in total. The summed E-state index contributed by atoms with van der Waals surface area (Å²) < 4.78 is 15.1. The van der Waals surface area contributed by atoms with Gasteiger partial charge in [0.15, 0.2) is 10.8 Å². The highest BCUT2D eigenvalue weighted by atomic mass is 32.2. The Bertz CT molecular complexity index is 1160. The summed E-state index contributed by atoms with van der Waals surface area (Å²) in [4.78, 5) is 14.4. The summed E-state index contributed by atoms with van der Waals surface area (Å²) in [5.74, 6) is -0.167. The normalized spacial score (nSPS) is 11.2. The molecular weight excluding hydrogens is 375 g/mol. The summed E-state index contributed by atoms with van der Waals surface area (Å²) >= 11 is 1.35. The lowest BCUT2D eigenvalue weighted by molar-refractivity contribution is -0.116. The zero-order valence-corrected chi connectivity index (χ0v) is 16.4. The number of carbonyl (C=O) groups is 1. The number of halogens is 1. The zero-order chi connectivity index (χ0) is 19.7. The van der Waals surface area contributed by atoms with E-state index >= 15 is 0 Å². The number of para-hydroxylation sites is 1. The molecule has 0 saturated heterocycles. The molecule has 2 aromatic heterocycles. The van der Waals surface area contributed by atoms with Gasteiger partial charge in [-0.2, -0.15) is 0 Å². The number of fused-ring (bicyclic) bond motifs is 3. The van der Waals surface area contributed by atoms with Gasteiger partial charge in [0.25, 0.3) is 0 Å². The van der Waals surface area contributed by atoms with Crippen LogP contribution in [0.4, 0.5) is 10.1 Å². The predicted octanol–water partition coefficient (Wildman–Crippen LogP) is 4.48. The third-order valence-electron chi connectivity index (χ3n) is 4.65. The highest BCUT2D eigenvalue weighted by Gasteiger charge is 2.17. The van der Waals surface area contributed by atoms with Crippen molar-refractivity contribution in [2.75, 3.05) is 17.2 Å². The first kappa shape index (κ1) is 18.4. The molecule has 0 aliphatic rings. The average Bonchev–Trinajstić information content (AvgIpc) is 3.11. The maximum atomic E-state index is 13.2. The fourth-order valence-electron chi connectivity index (χ4n) is 3.30. The predicted molar refractivity (Wildman–Crippen MR) is 110 cm³/mol. The van der Waals surface area contributed by atoms with Crippen molar-refractivity contribution < 1.29 is 9.18 Å². The molecule has 5 nitrogen and oxygen atoms in total. The summed E-state index contributed by atoms with van der Waals surface area (Å²) in [5.41, 5.74) is 3.60. The molecule has 0 unspecified atom stereocenters. The first-order valence-electron chi connectivity index (χ1n) is 9.00. The summed E-state index contributed by atoms with van der Waals surface area (Å²) in [6.45, 7) is 4.46. The van der Waals surface area contributed by atoms with Crippen molar-refractivity contribution in [3.05, 3.63) is 66.0 Å². The van der Waals surface area contributed by atoms with Crippen LogP contribution in [0.15, 0.2) is 59.8 Å². The average molecular weight is 394 g/mol. The fraction of sp³-hybridized carbons (Fsp3) is 0.190. The molecule has 0 bridgehead atoms. The molecule has 0 spiro atoms. The Morgan fingerprint density at radius 1 is 1.14 bits per heavy atom. The second-order valence-corrected chi connectivity index (χ2v) is 7.37. The number of hydrogen-bond acceptors (Lipinski definition) is 4. The SMILES string of the molecule is CCN(C(=O)CSc1nnc2cc(C)c3ccccc3n12)c1ccc(F)cc1. The second-order valence-electron chi connectivity index (χ2n) is 6.42. The van der Waals surface area contributed by atoms with Crippen LogP contribution >= 0.6 is 11.8 Å². The Kier molecular flexibility index (Phi) is 5.00. The molecule has 7 heteroatoms. The molecule has 1 amide bonds. The van der Waals surface area contributed by atoms with Crippen molar-refractivity contribution in [3.63, 3.8) is 0 Å². The number of hydrogen-bond donors (Lipinski definition) is 0. The molecule has 0 radical (unpaired) electrons. The molecule has 142 valence electrons. The third-order valence-corrected chi connectivity index (χ3v) is 5.57. The maximum absolute atomic E-state index is 13.2. The van der Waals surface area contributed by atoms with E-state index in [1.54, 1.807) is 17.0 Å². The lowest BCUT2D eigenvalue weighted by atomic mass is 10.1. The monoisotopic (exact) mass is 394 g/mol. The van der Waals surface area contributed by atoms with Crippen molar-refractivity contribution in [2.45, 2.75) is 19.0 Å². The molecule has 4 rings (SSSR count). The Balaban J connectivity index is 1.61. The van der Waals surface area contributed by atoms with Crippen molar-refractivity contribution in [1.82, 2.24) is 14.6 Å². The largest absolute Gasteiger partial charge is 0.312 e. The molecule has 0 saturated carbocycles. The highest BCUT2D eigenvalue weighted by molar-refractivity contribution is 7.99. The van der Waals surface area contributed by atoms with Crippen LogP contribution in [-0.4, -0.2) is 32.8 Å². The van der Waals surface area contributed by atoms with E-state index < -0.39 is 0 Å². The fourth-order valence-corrected chi connectivity index (χ4v) is 4.12. The maximum Gasteiger partial charge on any atom is 0.237 e. The van der Waals surface area contributed by atoms with Crippen molar-refractivity contribution in [2.24, 2.45) is 0 Å².